The van der Waals surface area contributed by atoms with Gasteiger partial charge in [-0.15, -0.1) is 0 Å². The van der Waals surface area contributed by atoms with Crippen LogP contribution < -0.4 is 4.74 Å². The van der Waals surface area contributed by atoms with Crippen molar-refractivity contribution in [3.63, 3.8) is 0 Å². The first-order valence-electron chi connectivity index (χ1n) is 17.4. The largest absolute Gasteiger partial charge is 0.497 e. The predicted molar refractivity (Wildman–Crippen MR) is 179 cm³/mol. The summed E-state index contributed by atoms with van der Waals surface area (Å²) < 4.78 is 62.3. The molecule has 0 radical (unpaired) electrons. The van der Waals surface area contributed by atoms with Crippen molar-refractivity contribution in [3.8, 4) is 5.75 Å². The molecule has 0 aromatic heterocycles. The molecule has 254 valence electrons. The Morgan fingerprint density at radius 1 is 0.911 bits per heavy atom. The van der Waals surface area contributed by atoms with Gasteiger partial charge in [0.05, 0.1) is 13.7 Å². The fourth-order valence-corrected chi connectivity index (χ4v) is 11.7. The molecule has 3 saturated carbocycles. The Morgan fingerprint density at radius 3 is 2.18 bits per heavy atom. The minimum atomic E-state index is -4.44. The van der Waals surface area contributed by atoms with Gasteiger partial charge < -0.3 is 13.9 Å². The number of rotatable bonds is 8. The number of ether oxygens (including phenoxy) is 2. The molecule has 4 aliphatic rings. The van der Waals surface area contributed by atoms with Crippen LogP contribution in [-0.2, 0) is 15.8 Å². The van der Waals surface area contributed by atoms with E-state index in [0.29, 0.717) is 29.6 Å². The molecule has 8 atom stereocenters. The van der Waals surface area contributed by atoms with E-state index < -0.39 is 26.0 Å². The second-order valence-electron chi connectivity index (χ2n) is 17.6. The summed E-state index contributed by atoms with van der Waals surface area (Å²) in [5, 5.41) is 0.201. The second-order valence-corrected chi connectivity index (χ2v) is 22.3. The topological polar surface area (TPSA) is 27.7 Å². The minimum Gasteiger partial charge on any atom is -0.497 e. The molecule has 0 bridgehead atoms. The smallest absolute Gasteiger partial charge is 0.415 e. The molecule has 45 heavy (non-hydrogen) atoms. The average molecular weight is 649 g/mol. The Labute approximate surface area is 272 Å². The van der Waals surface area contributed by atoms with Crippen molar-refractivity contribution < 1.29 is 27.1 Å². The number of halogens is 3. The third-order valence-corrected chi connectivity index (χ3v) is 18.3. The van der Waals surface area contributed by atoms with Gasteiger partial charge in [-0.1, -0.05) is 72.2 Å². The molecule has 0 saturated heterocycles. The summed E-state index contributed by atoms with van der Waals surface area (Å²) in [6.45, 7) is 20.1. The summed E-state index contributed by atoms with van der Waals surface area (Å²) in [7, 11) is -0.257. The van der Waals surface area contributed by atoms with Gasteiger partial charge in [-0.3, -0.25) is 0 Å². The van der Waals surface area contributed by atoms with Crippen LogP contribution in [0.3, 0.4) is 0 Å². The minimum absolute atomic E-state index is 0.0506. The number of hydrogen-bond acceptors (Lipinski definition) is 3. The van der Waals surface area contributed by atoms with Gasteiger partial charge >= 0.3 is 6.18 Å². The zero-order chi connectivity index (χ0) is 33.2. The molecule has 5 rings (SSSR count). The Morgan fingerprint density at radius 2 is 1.58 bits per heavy atom. The Hall–Kier alpha value is -1.31. The van der Waals surface area contributed by atoms with E-state index in [2.05, 4.69) is 53.8 Å². The number of alkyl halides is 3. The van der Waals surface area contributed by atoms with Crippen molar-refractivity contribution in [3.05, 3.63) is 41.5 Å². The molecule has 3 nitrogen and oxygen atoms in total. The van der Waals surface area contributed by atoms with E-state index in [9.17, 15) is 13.2 Å². The van der Waals surface area contributed by atoms with E-state index in [1.807, 2.05) is 13.8 Å². The second kappa shape index (κ2) is 12.0. The summed E-state index contributed by atoms with van der Waals surface area (Å²) >= 11 is 0. The van der Waals surface area contributed by atoms with Gasteiger partial charge in [-0.2, -0.15) is 13.2 Å². The average Bonchev–Trinajstić information content (AvgIpc) is 3.30. The molecule has 3 fully saturated rings. The van der Waals surface area contributed by atoms with Crippen LogP contribution in [0.25, 0.3) is 0 Å². The lowest BCUT2D eigenvalue weighted by Gasteiger charge is -2.60. The lowest BCUT2D eigenvalue weighted by Crippen LogP contribution is -2.55. The molecule has 0 N–H and O–H groups in total. The van der Waals surface area contributed by atoms with E-state index in [-0.39, 0.29) is 28.4 Å². The molecular formula is C38H59F3O3Si. The van der Waals surface area contributed by atoms with Gasteiger partial charge in [-0.05, 0) is 122 Å². The first kappa shape index (κ1) is 35.0. The molecule has 0 amide bonds. The van der Waals surface area contributed by atoms with Crippen molar-refractivity contribution in [2.45, 2.75) is 143 Å². The number of benzene rings is 1. The maximum Gasteiger partial charge on any atom is 0.415 e. The maximum absolute atomic E-state index is 14.8. The van der Waals surface area contributed by atoms with Crippen molar-refractivity contribution in [1.82, 2.24) is 0 Å². The SMILES string of the molecule is COc1ccc(COC(C(F)(F)F)C(C)(C)[C@H]2CC[C@H]3[C@@H]4CC=C5CC(O[Si](C)(C)C(C)(C)C)CC[C@]5(C)[C@H]4CC[C@]23C)cc1. The summed E-state index contributed by atoms with van der Waals surface area (Å²) in [5.41, 5.74) is 1.34. The van der Waals surface area contributed by atoms with Crippen molar-refractivity contribution in [2.24, 2.45) is 39.9 Å². The fraction of sp³-hybridized carbons (Fsp3) is 0.789. The van der Waals surface area contributed by atoms with Gasteiger partial charge in [0.15, 0.2) is 14.4 Å². The number of allylic oxidation sites excluding steroid dienone is 1. The number of fused-ring (bicyclic) bond motifs is 5. The molecule has 1 aromatic rings. The van der Waals surface area contributed by atoms with Crippen LogP contribution in [0.5, 0.6) is 5.75 Å². The highest BCUT2D eigenvalue weighted by atomic mass is 28.4. The molecular weight excluding hydrogens is 589 g/mol. The van der Waals surface area contributed by atoms with E-state index in [1.54, 1.807) is 36.9 Å². The molecule has 1 aromatic carbocycles. The normalized spacial score (nSPS) is 34.8. The molecule has 4 aliphatic carbocycles. The molecule has 0 aliphatic heterocycles. The molecule has 7 heteroatoms. The highest BCUT2D eigenvalue weighted by molar-refractivity contribution is 6.74. The van der Waals surface area contributed by atoms with Crippen molar-refractivity contribution in [2.75, 3.05) is 7.11 Å². The predicted octanol–water partition coefficient (Wildman–Crippen LogP) is 11.1. The Kier molecular flexibility index (Phi) is 9.32. The van der Waals surface area contributed by atoms with Gasteiger partial charge in [0.2, 0.25) is 0 Å². The molecule has 0 spiro atoms. The fourth-order valence-electron chi connectivity index (χ4n) is 10.4. The Balaban J connectivity index is 1.33. The van der Waals surface area contributed by atoms with Crippen LogP contribution in [-0.4, -0.2) is 33.8 Å². The first-order valence-corrected chi connectivity index (χ1v) is 20.3. The number of methoxy groups -OCH3 is 1. The molecule has 2 unspecified atom stereocenters. The van der Waals surface area contributed by atoms with Crippen molar-refractivity contribution >= 4 is 8.32 Å². The zero-order valence-electron chi connectivity index (χ0n) is 29.6. The van der Waals surface area contributed by atoms with Gasteiger partial charge in [0.25, 0.3) is 0 Å². The van der Waals surface area contributed by atoms with Crippen LogP contribution in [0, 0.1) is 39.9 Å². The van der Waals surface area contributed by atoms with E-state index in [4.69, 9.17) is 13.9 Å². The van der Waals surface area contributed by atoms with E-state index in [0.717, 1.165) is 56.9 Å². The standard InChI is InChI=1S/C38H59F3O3Si/c1-34(2,3)45(9,10)44-28-19-21-36(6)26(23-28)13-16-29-30-17-18-32(37(30,7)22-20-31(29)36)35(4,5)33(38(39,40)41)43-24-25-11-14-27(42-8)15-12-25/h11-15,28-33H,16-24H2,1-10H3/t28?,29-,30-,31-,32+,33?,36-,37-/m0/s1. The van der Waals surface area contributed by atoms with Crippen LogP contribution >= 0.6 is 0 Å². The van der Waals surface area contributed by atoms with Crippen molar-refractivity contribution in [1.29, 1.82) is 0 Å². The van der Waals surface area contributed by atoms with Gasteiger partial charge in [0, 0.05) is 11.5 Å². The quantitative estimate of drug-likeness (QED) is 0.207. The monoisotopic (exact) mass is 648 g/mol. The highest BCUT2D eigenvalue weighted by Gasteiger charge is 2.64. The first-order chi connectivity index (χ1) is 20.7. The third-order valence-electron chi connectivity index (χ3n) is 13.8. The van der Waals surface area contributed by atoms with Crippen LogP contribution in [0.2, 0.25) is 18.1 Å². The molecule has 0 heterocycles. The summed E-state index contributed by atoms with van der Waals surface area (Å²) in [4.78, 5) is 0. The number of hydrogen-bond donors (Lipinski definition) is 0. The third kappa shape index (κ3) is 6.33. The van der Waals surface area contributed by atoms with Crippen LogP contribution in [0.4, 0.5) is 13.2 Å². The highest BCUT2D eigenvalue weighted by Crippen LogP contribution is 2.69. The van der Waals surface area contributed by atoms with Crippen LogP contribution in [0.15, 0.2) is 35.9 Å². The van der Waals surface area contributed by atoms with E-state index >= 15 is 0 Å². The summed E-state index contributed by atoms with van der Waals surface area (Å²) in [6, 6.07) is 7.11. The van der Waals surface area contributed by atoms with Gasteiger partial charge in [-0.25, -0.2) is 0 Å². The summed E-state index contributed by atoms with van der Waals surface area (Å²) in [6.07, 6.45) is 4.93. The zero-order valence-corrected chi connectivity index (χ0v) is 30.6. The lowest BCUT2D eigenvalue weighted by atomic mass is 9.46. The summed E-state index contributed by atoms with van der Waals surface area (Å²) in [5.74, 6) is 2.23. The van der Waals surface area contributed by atoms with Gasteiger partial charge in [0.1, 0.15) is 5.75 Å². The van der Waals surface area contributed by atoms with Crippen LogP contribution in [0.1, 0.15) is 105 Å². The van der Waals surface area contributed by atoms with E-state index in [1.165, 1.54) is 0 Å². The Bertz CT molecular complexity index is 1230. The maximum atomic E-state index is 14.8. The lowest BCUT2D eigenvalue weighted by molar-refractivity contribution is -0.268.